The van der Waals surface area contributed by atoms with Gasteiger partial charge in [0.05, 0.1) is 17.7 Å². The Morgan fingerprint density at radius 2 is 1.62 bits per heavy atom. The molecule has 0 aliphatic heterocycles. The van der Waals surface area contributed by atoms with Crippen molar-refractivity contribution in [3.63, 3.8) is 0 Å². The second kappa shape index (κ2) is 10.2. The van der Waals surface area contributed by atoms with Crippen LogP contribution < -0.4 is 0 Å². The van der Waals surface area contributed by atoms with Gasteiger partial charge >= 0.3 is 17.9 Å². The molecule has 0 saturated carbocycles. The average molecular weight is 294 g/mol. The minimum Gasteiger partial charge on any atom is -0.478 e. The van der Waals surface area contributed by atoms with Crippen LogP contribution in [-0.4, -0.2) is 34.7 Å². The van der Waals surface area contributed by atoms with Crippen LogP contribution in [0.3, 0.4) is 0 Å². The summed E-state index contributed by atoms with van der Waals surface area (Å²) >= 11 is 0. The van der Waals surface area contributed by atoms with E-state index in [9.17, 15) is 14.4 Å². The molecule has 0 heterocycles. The van der Waals surface area contributed by atoms with Crippen LogP contribution in [-0.2, 0) is 9.53 Å². The Balaban J connectivity index is 0.000000400. The summed E-state index contributed by atoms with van der Waals surface area (Å²) in [6.07, 6.45) is 3.15. The van der Waals surface area contributed by atoms with E-state index in [1.807, 2.05) is 6.92 Å². The predicted molar refractivity (Wildman–Crippen MR) is 76.4 cm³/mol. The van der Waals surface area contributed by atoms with Crippen molar-refractivity contribution < 1.29 is 29.3 Å². The van der Waals surface area contributed by atoms with Gasteiger partial charge in [-0.25, -0.2) is 14.4 Å². The van der Waals surface area contributed by atoms with Crippen molar-refractivity contribution in [1.29, 1.82) is 0 Å². The lowest BCUT2D eigenvalue weighted by atomic mass is 10.1. The quantitative estimate of drug-likeness (QED) is 0.475. The van der Waals surface area contributed by atoms with Gasteiger partial charge < -0.3 is 14.9 Å². The lowest BCUT2D eigenvalue weighted by molar-refractivity contribution is -0.137. The first-order valence-corrected chi connectivity index (χ1v) is 6.28. The third-order valence-electron chi connectivity index (χ3n) is 2.30. The summed E-state index contributed by atoms with van der Waals surface area (Å²) in [4.78, 5) is 31.3. The second-order valence-corrected chi connectivity index (χ2v) is 3.88. The van der Waals surface area contributed by atoms with Gasteiger partial charge in [-0.15, -0.1) is 0 Å². The molecular weight excluding hydrogens is 276 g/mol. The summed E-state index contributed by atoms with van der Waals surface area (Å²) in [6.45, 7) is 5.82. The molecule has 0 spiro atoms. The molecule has 0 radical (unpaired) electrons. The number of carbonyl (C=O) groups is 3. The molecule has 0 bridgehead atoms. The number of carboxylic acids is 2. The van der Waals surface area contributed by atoms with Crippen LogP contribution in [0.1, 0.15) is 40.5 Å². The largest absolute Gasteiger partial charge is 0.478 e. The Morgan fingerprint density at radius 3 is 1.95 bits per heavy atom. The van der Waals surface area contributed by atoms with E-state index >= 15 is 0 Å². The van der Waals surface area contributed by atoms with E-state index in [0.29, 0.717) is 6.61 Å². The molecular formula is C15H18O6. The van der Waals surface area contributed by atoms with E-state index < -0.39 is 11.9 Å². The number of hydrogen-bond acceptors (Lipinski definition) is 4. The van der Waals surface area contributed by atoms with E-state index in [1.54, 1.807) is 0 Å². The molecule has 6 nitrogen and oxygen atoms in total. The number of ether oxygens (including phenoxy) is 1. The van der Waals surface area contributed by atoms with E-state index in [-0.39, 0.29) is 17.1 Å². The highest BCUT2D eigenvalue weighted by molar-refractivity contribution is 6.01. The third kappa shape index (κ3) is 7.51. The molecule has 1 aromatic carbocycles. The fraction of sp³-hybridized carbons (Fsp3) is 0.267. The highest BCUT2D eigenvalue weighted by Crippen LogP contribution is 2.07. The van der Waals surface area contributed by atoms with Gasteiger partial charge in [0.15, 0.2) is 0 Å². The molecule has 21 heavy (non-hydrogen) atoms. The van der Waals surface area contributed by atoms with E-state index in [2.05, 4.69) is 11.3 Å². The van der Waals surface area contributed by atoms with Crippen molar-refractivity contribution in [2.45, 2.75) is 19.8 Å². The molecule has 1 aromatic rings. The zero-order valence-corrected chi connectivity index (χ0v) is 11.7. The molecule has 0 aromatic heterocycles. The Kier molecular flexibility index (Phi) is 8.92. The van der Waals surface area contributed by atoms with Gasteiger partial charge in [-0.1, -0.05) is 32.1 Å². The predicted octanol–water partition coefficient (Wildman–Crippen LogP) is 2.60. The summed E-state index contributed by atoms with van der Waals surface area (Å²) in [5, 5.41) is 17.1. The summed E-state index contributed by atoms with van der Waals surface area (Å²) in [7, 11) is 0. The SMILES string of the molecule is C=CC(=O)OCCCC.O=C(O)c1ccccc1C(=O)O. The molecule has 0 fully saturated rings. The van der Waals surface area contributed by atoms with Gasteiger partial charge in [-0.05, 0) is 18.6 Å². The number of unbranched alkanes of at least 4 members (excludes halogenated alkanes) is 1. The number of rotatable bonds is 6. The minimum atomic E-state index is -1.23. The molecule has 0 saturated heterocycles. The highest BCUT2D eigenvalue weighted by atomic mass is 16.5. The number of benzene rings is 1. The molecule has 114 valence electrons. The van der Waals surface area contributed by atoms with Crippen molar-refractivity contribution in [2.75, 3.05) is 6.61 Å². The topological polar surface area (TPSA) is 101 Å². The third-order valence-corrected chi connectivity index (χ3v) is 2.30. The van der Waals surface area contributed by atoms with Gasteiger partial charge in [-0.2, -0.15) is 0 Å². The zero-order valence-electron chi connectivity index (χ0n) is 11.7. The molecule has 1 rings (SSSR count). The van der Waals surface area contributed by atoms with Crippen LogP contribution in [0, 0.1) is 0 Å². The van der Waals surface area contributed by atoms with Crippen molar-refractivity contribution in [3.8, 4) is 0 Å². The van der Waals surface area contributed by atoms with Crippen LogP contribution in [0.2, 0.25) is 0 Å². The van der Waals surface area contributed by atoms with Crippen molar-refractivity contribution in [3.05, 3.63) is 48.0 Å². The van der Waals surface area contributed by atoms with Gasteiger partial charge in [0.1, 0.15) is 0 Å². The molecule has 0 atom stereocenters. The van der Waals surface area contributed by atoms with Crippen molar-refractivity contribution >= 4 is 17.9 Å². The fourth-order valence-corrected chi connectivity index (χ4v) is 1.23. The highest BCUT2D eigenvalue weighted by Gasteiger charge is 2.13. The van der Waals surface area contributed by atoms with Crippen molar-refractivity contribution in [1.82, 2.24) is 0 Å². The average Bonchev–Trinajstić information content (AvgIpc) is 2.47. The van der Waals surface area contributed by atoms with Crippen molar-refractivity contribution in [2.24, 2.45) is 0 Å². The first kappa shape index (κ1) is 18.4. The number of esters is 1. The number of aromatic carboxylic acids is 2. The summed E-state index contributed by atoms with van der Waals surface area (Å²) < 4.78 is 4.67. The Morgan fingerprint density at radius 1 is 1.14 bits per heavy atom. The van der Waals surface area contributed by atoms with E-state index in [4.69, 9.17) is 10.2 Å². The monoisotopic (exact) mass is 294 g/mol. The summed E-state index contributed by atoms with van der Waals surface area (Å²) in [5.41, 5.74) is -0.380. The van der Waals surface area contributed by atoms with Gasteiger partial charge in [0.2, 0.25) is 0 Å². The lowest BCUT2D eigenvalue weighted by Crippen LogP contribution is -2.06. The summed E-state index contributed by atoms with van der Waals surface area (Å²) in [6, 6.07) is 5.48. The lowest BCUT2D eigenvalue weighted by Gasteiger charge is -1.98. The Bertz CT molecular complexity index is 474. The van der Waals surface area contributed by atoms with E-state index in [0.717, 1.165) is 12.8 Å². The van der Waals surface area contributed by atoms with Crippen LogP contribution in [0.25, 0.3) is 0 Å². The standard InChI is InChI=1S/C8H6O4.C7H12O2/c9-7(10)5-3-1-2-4-6(5)8(11)12;1-3-5-6-9-7(8)4-2/h1-4H,(H,9,10)(H,11,12);4H,2-3,5-6H2,1H3. The van der Waals surface area contributed by atoms with Crippen LogP contribution in [0.4, 0.5) is 0 Å². The summed E-state index contributed by atoms with van der Waals surface area (Å²) in [5.74, 6) is -2.79. The smallest absolute Gasteiger partial charge is 0.336 e. The molecule has 0 amide bonds. The van der Waals surface area contributed by atoms with Crippen LogP contribution in [0.15, 0.2) is 36.9 Å². The van der Waals surface area contributed by atoms with Gasteiger partial charge in [0.25, 0.3) is 0 Å². The fourth-order valence-electron chi connectivity index (χ4n) is 1.23. The maximum atomic E-state index is 10.5. The Hall–Kier alpha value is -2.63. The molecule has 0 unspecified atom stereocenters. The van der Waals surface area contributed by atoms with Crippen LogP contribution >= 0.6 is 0 Å². The zero-order chi connectivity index (χ0) is 16.3. The number of hydrogen-bond donors (Lipinski definition) is 2. The van der Waals surface area contributed by atoms with Crippen LogP contribution in [0.5, 0.6) is 0 Å². The molecule has 2 N–H and O–H groups in total. The maximum absolute atomic E-state index is 10.5. The van der Waals surface area contributed by atoms with Gasteiger partial charge in [0, 0.05) is 6.08 Å². The van der Waals surface area contributed by atoms with Gasteiger partial charge in [-0.3, -0.25) is 0 Å². The number of carbonyl (C=O) groups excluding carboxylic acids is 1. The minimum absolute atomic E-state index is 0.190. The Labute approximate surface area is 122 Å². The molecule has 6 heteroatoms. The second-order valence-electron chi connectivity index (χ2n) is 3.88. The normalized spacial score (nSPS) is 9.00. The first-order chi connectivity index (χ1) is 9.93. The maximum Gasteiger partial charge on any atom is 0.336 e. The molecule has 0 aliphatic carbocycles. The molecule has 0 aliphatic rings. The van der Waals surface area contributed by atoms with E-state index in [1.165, 1.54) is 30.3 Å². The first-order valence-electron chi connectivity index (χ1n) is 6.28. The number of carboxylic acid groups (broad SMARTS) is 2.